The van der Waals surface area contributed by atoms with Crippen molar-refractivity contribution in [3.8, 4) is 5.75 Å². The molecule has 7 heteroatoms. The lowest BCUT2D eigenvalue weighted by Crippen LogP contribution is -2.55. The Bertz CT molecular complexity index is 673. The first-order chi connectivity index (χ1) is 13.0. The van der Waals surface area contributed by atoms with Crippen LogP contribution in [-0.2, 0) is 4.79 Å². The van der Waals surface area contributed by atoms with Crippen LogP contribution < -0.4 is 4.74 Å². The van der Waals surface area contributed by atoms with Gasteiger partial charge in [-0.25, -0.2) is 4.79 Å². The topological polar surface area (TPSA) is 53.1 Å². The molecule has 0 saturated carbocycles. The number of carbonyl (C=O) groups is 2. The fraction of sp³-hybridized carbons (Fsp3) is 0.600. The second-order valence-electron chi connectivity index (χ2n) is 7.36. The maximum Gasteiger partial charge on any atom is 0.320 e. The van der Waals surface area contributed by atoms with Gasteiger partial charge in [0.1, 0.15) is 5.75 Å². The lowest BCUT2D eigenvalue weighted by Gasteiger charge is -2.38. The molecular weight excluding hydrogens is 366 g/mol. The van der Waals surface area contributed by atoms with Crippen LogP contribution in [0.15, 0.2) is 12.1 Å². The van der Waals surface area contributed by atoms with Gasteiger partial charge in [-0.05, 0) is 56.4 Å². The zero-order valence-electron chi connectivity index (χ0n) is 16.2. The minimum absolute atomic E-state index is 0.00336. The van der Waals surface area contributed by atoms with Crippen LogP contribution in [0.5, 0.6) is 5.75 Å². The highest BCUT2D eigenvalue weighted by Crippen LogP contribution is 2.27. The molecule has 2 fully saturated rings. The number of piperazine rings is 1. The molecule has 2 aliphatic rings. The van der Waals surface area contributed by atoms with E-state index in [1.165, 1.54) is 6.42 Å². The minimum Gasteiger partial charge on any atom is -0.483 e. The van der Waals surface area contributed by atoms with E-state index in [0.717, 1.165) is 37.1 Å². The third-order valence-corrected chi connectivity index (χ3v) is 5.51. The van der Waals surface area contributed by atoms with Gasteiger partial charge < -0.3 is 19.4 Å². The molecule has 0 unspecified atom stereocenters. The van der Waals surface area contributed by atoms with Gasteiger partial charge in [0, 0.05) is 44.3 Å². The van der Waals surface area contributed by atoms with Crippen molar-refractivity contribution in [3.05, 3.63) is 28.3 Å². The minimum atomic E-state index is -0.0474. The summed E-state index contributed by atoms with van der Waals surface area (Å²) in [5, 5.41) is 0.665. The van der Waals surface area contributed by atoms with Gasteiger partial charge in [-0.15, -0.1) is 0 Å². The Morgan fingerprint density at radius 2 is 1.41 bits per heavy atom. The average Bonchev–Trinajstić information content (AvgIpc) is 2.67. The summed E-state index contributed by atoms with van der Waals surface area (Å²) in [6.07, 6.45) is 3.38. The predicted octanol–water partition coefficient (Wildman–Crippen LogP) is 3.09. The molecule has 0 aliphatic carbocycles. The molecule has 3 amide bonds. The van der Waals surface area contributed by atoms with Crippen LogP contribution in [0.25, 0.3) is 0 Å². The van der Waals surface area contributed by atoms with E-state index >= 15 is 0 Å². The molecule has 0 aromatic heterocycles. The number of nitrogens with zero attached hydrogens (tertiary/aromatic N) is 3. The molecule has 3 rings (SSSR count). The molecule has 2 aliphatic heterocycles. The van der Waals surface area contributed by atoms with E-state index in [4.69, 9.17) is 16.3 Å². The lowest BCUT2D eigenvalue weighted by molar-refractivity contribution is -0.134. The number of urea groups is 1. The molecular formula is C20H28ClN3O3. The second kappa shape index (κ2) is 8.83. The van der Waals surface area contributed by atoms with Crippen molar-refractivity contribution in [2.75, 3.05) is 45.9 Å². The van der Waals surface area contributed by atoms with Gasteiger partial charge in [0.25, 0.3) is 5.91 Å². The van der Waals surface area contributed by atoms with Crippen LogP contribution in [0.2, 0.25) is 5.02 Å². The number of rotatable bonds is 3. The number of halogens is 1. The van der Waals surface area contributed by atoms with Crippen LogP contribution in [0.3, 0.4) is 0 Å². The number of hydrogen-bond donors (Lipinski definition) is 0. The fourth-order valence-electron chi connectivity index (χ4n) is 3.78. The first-order valence-corrected chi connectivity index (χ1v) is 10.0. The molecule has 0 bridgehead atoms. The summed E-state index contributed by atoms with van der Waals surface area (Å²) in [4.78, 5) is 30.6. The van der Waals surface area contributed by atoms with Crippen molar-refractivity contribution in [1.82, 2.24) is 14.7 Å². The third-order valence-electron chi connectivity index (χ3n) is 5.29. The normalized spacial score (nSPS) is 17.8. The maximum absolute atomic E-state index is 12.6. The van der Waals surface area contributed by atoms with E-state index in [9.17, 15) is 9.59 Å². The Morgan fingerprint density at radius 3 is 2.00 bits per heavy atom. The molecule has 0 atom stereocenters. The summed E-state index contributed by atoms with van der Waals surface area (Å²) in [7, 11) is 0. The van der Waals surface area contributed by atoms with Crippen LogP contribution >= 0.6 is 11.6 Å². The van der Waals surface area contributed by atoms with Gasteiger partial charge in [-0.3, -0.25) is 4.79 Å². The Hall–Kier alpha value is -1.95. The third kappa shape index (κ3) is 4.86. The van der Waals surface area contributed by atoms with Gasteiger partial charge in [-0.1, -0.05) is 11.6 Å². The van der Waals surface area contributed by atoms with Gasteiger partial charge in [0.05, 0.1) is 0 Å². The van der Waals surface area contributed by atoms with Crippen LogP contribution in [0, 0.1) is 13.8 Å². The number of carbonyl (C=O) groups excluding carboxylic acids is 2. The molecule has 2 heterocycles. The summed E-state index contributed by atoms with van der Waals surface area (Å²) in [6.45, 7) is 7.83. The number of likely N-dealkylation sites (tertiary alicyclic amines) is 1. The molecule has 1 aromatic carbocycles. The van der Waals surface area contributed by atoms with E-state index in [1.807, 2.05) is 35.8 Å². The summed E-state index contributed by atoms with van der Waals surface area (Å²) >= 11 is 6.04. The Morgan fingerprint density at radius 1 is 0.889 bits per heavy atom. The van der Waals surface area contributed by atoms with Crippen molar-refractivity contribution in [2.45, 2.75) is 33.1 Å². The molecule has 148 valence electrons. The first kappa shape index (κ1) is 19.8. The molecule has 1 aromatic rings. The highest BCUT2D eigenvalue weighted by Gasteiger charge is 2.28. The number of hydrogen-bond acceptors (Lipinski definition) is 3. The summed E-state index contributed by atoms with van der Waals surface area (Å²) in [6, 6.07) is 3.78. The number of aryl methyl sites for hydroxylation is 2. The zero-order valence-corrected chi connectivity index (χ0v) is 16.9. The number of amides is 3. The highest BCUT2D eigenvalue weighted by molar-refractivity contribution is 6.30. The molecule has 0 spiro atoms. The van der Waals surface area contributed by atoms with Crippen molar-refractivity contribution in [3.63, 3.8) is 0 Å². The zero-order chi connectivity index (χ0) is 19.4. The van der Waals surface area contributed by atoms with Crippen molar-refractivity contribution in [1.29, 1.82) is 0 Å². The van der Waals surface area contributed by atoms with E-state index in [-0.39, 0.29) is 18.5 Å². The van der Waals surface area contributed by atoms with Crippen molar-refractivity contribution in [2.24, 2.45) is 0 Å². The number of ether oxygens (including phenoxy) is 1. The second-order valence-corrected chi connectivity index (χ2v) is 7.79. The number of piperidine rings is 1. The molecule has 6 nitrogen and oxygen atoms in total. The Labute approximate surface area is 166 Å². The molecule has 27 heavy (non-hydrogen) atoms. The fourth-order valence-corrected chi connectivity index (χ4v) is 4.11. The van der Waals surface area contributed by atoms with E-state index in [2.05, 4.69) is 0 Å². The largest absolute Gasteiger partial charge is 0.483 e. The summed E-state index contributed by atoms with van der Waals surface area (Å²) < 4.78 is 5.77. The Balaban J connectivity index is 1.48. The summed E-state index contributed by atoms with van der Waals surface area (Å²) in [5.74, 6) is 0.667. The van der Waals surface area contributed by atoms with Crippen molar-refractivity contribution >= 4 is 23.5 Å². The summed E-state index contributed by atoms with van der Waals surface area (Å²) in [5.41, 5.74) is 1.84. The van der Waals surface area contributed by atoms with Crippen molar-refractivity contribution < 1.29 is 14.3 Å². The molecule has 2 saturated heterocycles. The van der Waals surface area contributed by atoms with E-state index < -0.39 is 0 Å². The standard InChI is InChI=1S/C20H28ClN3O3/c1-15-12-17(21)13-16(2)19(15)27-14-18(25)22-8-10-24(11-9-22)20(26)23-6-4-3-5-7-23/h12-13H,3-11,14H2,1-2H3. The lowest BCUT2D eigenvalue weighted by atomic mass is 10.1. The smallest absolute Gasteiger partial charge is 0.320 e. The van der Waals surface area contributed by atoms with Gasteiger partial charge in [0.2, 0.25) is 0 Å². The van der Waals surface area contributed by atoms with E-state index in [1.54, 1.807) is 4.90 Å². The molecule has 0 radical (unpaired) electrons. The predicted molar refractivity (Wildman–Crippen MR) is 105 cm³/mol. The quantitative estimate of drug-likeness (QED) is 0.792. The van der Waals surface area contributed by atoms with Gasteiger partial charge >= 0.3 is 6.03 Å². The van der Waals surface area contributed by atoms with E-state index in [0.29, 0.717) is 37.0 Å². The first-order valence-electron chi connectivity index (χ1n) is 9.67. The monoisotopic (exact) mass is 393 g/mol. The van der Waals surface area contributed by atoms with Gasteiger partial charge in [0.15, 0.2) is 6.61 Å². The highest BCUT2D eigenvalue weighted by atomic mass is 35.5. The maximum atomic E-state index is 12.6. The average molecular weight is 394 g/mol. The van der Waals surface area contributed by atoms with Crippen LogP contribution in [0.1, 0.15) is 30.4 Å². The van der Waals surface area contributed by atoms with Crippen LogP contribution in [-0.4, -0.2) is 72.5 Å². The van der Waals surface area contributed by atoms with Gasteiger partial charge in [-0.2, -0.15) is 0 Å². The Kier molecular flexibility index (Phi) is 6.47. The molecule has 0 N–H and O–H groups in total. The SMILES string of the molecule is Cc1cc(Cl)cc(C)c1OCC(=O)N1CCN(C(=O)N2CCCCC2)CC1. The number of benzene rings is 1. The van der Waals surface area contributed by atoms with Crippen LogP contribution in [0.4, 0.5) is 4.79 Å².